The minimum absolute atomic E-state index is 0.231. The lowest BCUT2D eigenvalue weighted by Gasteiger charge is -2.19. The Hall–Kier alpha value is -3.52. The predicted octanol–water partition coefficient (Wildman–Crippen LogP) is 2.77. The molecule has 0 fully saturated rings. The van der Waals surface area contributed by atoms with Gasteiger partial charge in [-0.05, 0) is 41.5 Å². The Morgan fingerprint density at radius 1 is 1.03 bits per heavy atom. The third kappa shape index (κ3) is 4.34. The molecule has 8 nitrogen and oxygen atoms in total. The number of ether oxygens (including phenoxy) is 5. The lowest BCUT2D eigenvalue weighted by Crippen LogP contribution is -2.20. The van der Waals surface area contributed by atoms with Crippen molar-refractivity contribution in [3.8, 4) is 17.2 Å². The average Bonchev–Trinajstić information content (AvgIpc) is 3.20. The van der Waals surface area contributed by atoms with Crippen molar-refractivity contribution in [2.45, 2.75) is 18.6 Å². The first kappa shape index (κ1) is 22.2. The number of carbonyl (C=O) groups is 2. The second-order valence-corrected chi connectivity index (χ2v) is 6.77. The first-order valence-electron chi connectivity index (χ1n) is 9.47. The van der Waals surface area contributed by atoms with Crippen molar-refractivity contribution in [1.82, 2.24) is 0 Å². The van der Waals surface area contributed by atoms with Crippen molar-refractivity contribution in [2.24, 2.45) is 0 Å². The second kappa shape index (κ2) is 9.53. The molecule has 1 aliphatic heterocycles. The van der Waals surface area contributed by atoms with Gasteiger partial charge in [0.25, 0.3) is 0 Å². The lowest BCUT2D eigenvalue weighted by atomic mass is 9.89. The summed E-state index contributed by atoms with van der Waals surface area (Å²) in [6, 6.07) is 8.66. The van der Waals surface area contributed by atoms with Crippen LogP contribution in [0.5, 0.6) is 17.2 Å². The van der Waals surface area contributed by atoms with Gasteiger partial charge in [-0.15, -0.1) is 0 Å². The van der Waals surface area contributed by atoms with E-state index in [1.807, 2.05) is 0 Å². The minimum Gasteiger partial charge on any atom is -0.496 e. The fraction of sp³-hybridized carbons (Fsp3) is 0.304. The highest BCUT2D eigenvalue weighted by molar-refractivity contribution is 5.88. The van der Waals surface area contributed by atoms with Crippen LogP contribution < -0.4 is 14.2 Å². The quantitative estimate of drug-likeness (QED) is 0.531. The van der Waals surface area contributed by atoms with E-state index in [1.54, 1.807) is 36.4 Å². The summed E-state index contributed by atoms with van der Waals surface area (Å²) in [6.45, 7) is -0.231. The van der Waals surface area contributed by atoms with Crippen LogP contribution in [0.15, 0.2) is 36.4 Å². The maximum atomic E-state index is 12.8. The van der Waals surface area contributed by atoms with Gasteiger partial charge in [-0.25, -0.2) is 4.79 Å². The summed E-state index contributed by atoms with van der Waals surface area (Å²) in [7, 11) is 5.60. The molecule has 0 amide bonds. The molecule has 0 spiro atoms. The number of aliphatic hydroxyl groups is 1. The van der Waals surface area contributed by atoms with E-state index in [9.17, 15) is 14.7 Å². The Kier molecular flexibility index (Phi) is 6.81. The fourth-order valence-electron chi connectivity index (χ4n) is 3.58. The van der Waals surface area contributed by atoms with Crippen LogP contribution >= 0.6 is 0 Å². The summed E-state index contributed by atoms with van der Waals surface area (Å²) in [5, 5.41) is 9.68. The Labute approximate surface area is 179 Å². The first-order valence-corrected chi connectivity index (χ1v) is 9.47. The predicted molar refractivity (Wildman–Crippen MR) is 111 cm³/mol. The van der Waals surface area contributed by atoms with Crippen LogP contribution in [0.25, 0.3) is 6.08 Å². The molecule has 8 heteroatoms. The number of hydrogen-bond donors (Lipinski definition) is 1. The molecule has 2 unspecified atom stereocenters. The number of hydrogen-bond acceptors (Lipinski definition) is 8. The maximum absolute atomic E-state index is 12.8. The van der Waals surface area contributed by atoms with E-state index in [0.29, 0.717) is 39.5 Å². The van der Waals surface area contributed by atoms with Gasteiger partial charge in [0.1, 0.15) is 17.8 Å². The van der Waals surface area contributed by atoms with Gasteiger partial charge in [-0.3, -0.25) is 4.79 Å². The summed E-state index contributed by atoms with van der Waals surface area (Å²) in [4.78, 5) is 24.2. The molecule has 3 rings (SSSR count). The first-order chi connectivity index (χ1) is 15.0. The van der Waals surface area contributed by atoms with Crippen LogP contribution in [0.3, 0.4) is 0 Å². The second-order valence-electron chi connectivity index (χ2n) is 6.77. The molecule has 0 radical (unpaired) electrons. The summed E-state index contributed by atoms with van der Waals surface area (Å²) >= 11 is 0. The molecule has 2 aromatic carbocycles. The van der Waals surface area contributed by atoms with Gasteiger partial charge in [0, 0.05) is 17.2 Å². The van der Waals surface area contributed by atoms with E-state index >= 15 is 0 Å². The zero-order valence-corrected chi connectivity index (χ0v) is 17.7. The molecular weight excluding hydrogens is 404 g/mol. The van der Waals surface area contributed by atoms with Crippen LogP contribution in [0.4, 0.5) is 0 Å². The molecular formula is C23H24O8. The van der Waals surface area contributed by atoms with Gasteiger partial charge in [0.2, 0.25) is 0 Å². The summed E-state index contributed by atoms with van der Waals surface area (Å²) in [5.41, 5.74) is 2.44. The number of aliphatic hydroxyl groups excluding tert-OH is 1. The highest BCUT2D eigenvalue weighted by Crippen LogP contribution is 2.51. The van der Waals surface area contributed by atoms with E-state index in [2.05, 4.69) is 4.74 Å². The maximum Gasteiger partial charge on any atom is 0.330 e. The topological polar surface area (TPSA) is 101 Å². The molecule has 1 N–H and O–H groups in total. The number of fused-ring (bicyclic) bond motifs is 1. The van der Waals surface area contributed by atoms with E-state index in [-0.39, 0.29) is 6.61 Å². The Bertz CT molecular complexity index is 1010. The summed E-state index contributed by atoms with van der Waals surface area (Å²) < 4.78 is 26.6. The Balaban J connectivity index is 2.10. The highest BCUT2D eigenvalue weighted by Gasteiger charge is 2.43. The van der Waals surface area contributed by atoms with Crippen LogP contribution in [-0.4, -0.2) is 45.5 Å². The third-order valence-electron chi connectivity index (χ3n) is 5.08. The van der Waals surface area contributed by atoms with Gasteiger partial charge < -0.3 is 28.8 Å². The normalized spacial score (nSPS) is 17.1. The minimum atomic E-state index is -0.777. The van der Waals surface area contributed by atoms with Crippen LogP contribution in [0.1, 0.15) is 34.3 Å². The number of rotatable bonds is 7. The van der Waals surface area contributed by atoms with E-state index in [0.717, 1.165) is 0 Å². The van der Waals surface area contributed by atoms with E-state index in [1.165, 1.54) is 34.5 Å². The van der Waals surface area contributed by atoms with Gasteiger partial charge in [0.15, 0.2) is 11.5 Å². The van der Waals surface area contributed by atoms with Crippen molar-refractivity contribution in [3.63, 3.8) is 0 Å². The summed E-state index contributed by atoms with van der Waals surface area (Å²) in [5.74, 6) is -0.410. The highest BCUT2D eigenvalue weighted by atomic mass is 16.5. The largest absolute Gasteiger partial charge is 0.496 e. The molecule has 0 bridgehead atoms. The third-order valence-corrected chi connectivity index (χ3v) is 5.08. The molecule has 1 heterocycles. The zero-order valence-electron chi connectivity index (χ0n) is 17.7. The van der Waals surface area contributed by atoms with Crippen LogP contribution in [-0.2, 0) is 25.7 Å². The van der Waals surface area contributed by atoms with E-state index < -0.39 is 24.0 Å². The molecule has 2 aromatic rings. The number of esters is 2. The zero-order chi connectivity index (χ0) is 22.5. The molecule has 31 heavy (non-hydrogen) atoms. The van der Waals surface area contributed by atoms with Crippen molar-refractivity contribution in [1.29, 1.82) is 0 Å². The Morgan fingerprint density at radius 2 is 1.77 bits per heavy atom. The molecule has 0 saturated heterocycles. The van der Waals surface area contributed by atoms with Gasteiger partial charge in [-0.1, -0.05) is 6.07 Å². The monoisotopic (exact) mass is 428 g/mol. The summed E-state index contributed by atoms with van der Waals surface area (Å²) in [6.07, 6.45) is 2.14. The Morgan fingerprint density at radius 3 is 2.39 bits per heavy atom. The van der Waals surface area contributed by atoms with Crippen LogP contribution in [0.2, 0.25) is 0 Å². The van der Waals surface area contributed by atoms with Crippen molar-refractivity contribution in [3.05, 3.63) is 58.7 Å². The fourth-order valence-corrected chi connectivity index (χ4v) is 3.58. The number of methoxy groups -OCH3 is 4. The molecule has 0 saturated carbocycles. The van der Waals surface area contributed by atoms with Gasteiger partial charge in [-0.2, -0.15) is 0 Å². The van der Waals surface area contributed by atoms with Crippen molar-refractivity contribution < 1.29 is 38.4 Å². The molecule has 0 aromatic heterocycles. The molecule has 2 atom stereocenters. The number of benzene rings is 2. The van der Waals surface area contributed by atoms with E-state index in [4.69, 9.17) is 18.9 Å². The van der Waals surface area contributed by atoms with Gasteiger partial charge >= 0.3 is 11.9 Å². The van der Waals surface area contributed by atoms with Crippen LogP contribution in [0, 0.1) is 0 Å². The molecule has 1 aliphatic rings. The number of carbonyl (C=O) groups excluding carboxylic acids is 2. The SMILES string of the molecule is COC(=O)/C=C/c1cc(OC)c2c(c1)C(C(=O)OC)C(c1ccc(OC)c(CO)c1)O2. The smallest absolute Gasteiger partial charge is 0.330 e. The van der Waals surface area contributed by atoms with Crippen molar-refractivity contribution in [2.75, 3.05) is 28.4 Å². The van der Waals surface area contributed by atoms with Crippen molar-refractivity contribution >= 4 is 18.0 Å². The molecule has 164 valence electrons. The lowest BCUT2D eigenvalue weighted by molar-refractivity contribution is -0.144. The standard InChI is InChI=1S/C23H24O8/c1-27-17-7-6-14(11-15(17)12-24)21-20(23(26)30-4)16-9-13(5-8-19(25)29-3)10-18(28-2)22(16)31-21/h5-11,20-21,24H,12H2,1-4H3/b8-5+. The average molecular weight is 428 g/mol. The molecule has 0 aliphatic carbocycles. The van der Waals surface area contributed by atoms with Gasteiger partial charge in [0.05, 0.1) is 35.0 Å².